The first-order valence-corrected chi connectivity index (χ1v) is 22.0. The van der Waals surface area contributed by atoms with E-state index in [2.05, 4.69) is 27.7 Å². The van der Waals surface area contributed by atoms with Gasteiger partial charge in [-0.15, -0.1) is 0 Å². The van der Waals surface area contributed by atoms with Gasteiger partial charge < -0.3 is 19.8 Å². The van der Waals surface area contributed by atoms with Crippen LogP contribution in [0.15, 0.2) is 0 Å². The second-order valence-corrected chi connectivity index (χ2v) is 15.0. The molecule has 0 atom stereocenters. The van der Waals surface area contributed by atoms with Crippen molar-refractivity contribution in [2.24, 2.45) is 0 Å². The molecular weight excluding hydrogens is 734 g/mol. The summed E-state index contributed by atoms with van der Waals surface area (Å²) in [5.41, 5.74) is 0. The molecule has 0 saturated heterocycles. The molecule has 0 aromatic rings. The third kappa shape index (κ3) is 59.9. The van der Waals surface area contributed by atoms with Crippen molar-refractivity contribution in [2.45, 2.75) is 195 Å². The molecule has 0 fully saturated rings. The first kappa shape index (κ1) is 61.9. The Labute approximate surface area is 363 Å². The summed E-state index contributed by atoms with van der Waals surface area (Å²) in [7, 11) is -7.55. The number of hydrogen-bond donors (Lipinski definition) is 0. The number of unbranched alkanes of at least 4 members (excludes halogenated alkanes) is 20. The van der Waals surface area contributed by atoms with Crippen molar-refractivity contribution in [1.82, 2.24) is 0 Å². The molecule has 12 nitrogen and oxygen atoms in total. The van der Waals surface area contributed by atoms with Gasteiger partial charge in [0.05, 0.1) is 26.4 Å². The van der Waals surface area contributed by atoms with Crippen molar-refractivity contribution in [3.63, 3.8) is 0 Å². The van der Waals surface area contributed by atoms with Gasteiger partial charge in [0.25, 0.3) is 0 Å². The fraction of sp³-hybridized carbons (Fsp3) is 0.944. The number of hydrogen-bond acceptors (Lipinski definition) is 12. The summed E-state index contributed by atoms with van der Waals surface area (Å²) in [6.07, 6.45) is 25.6. The quantitative estimate of drug-likeness (QED) is 0.0661. The fourth-order valence-electron chi connectivity index (χ4n) is 4.45. The summed E-state index contributed by atoms with van der Waals surface area (Å²) in [6.45, 7) is 9.67. The Hall–Kier alpha value is 0.680. The Morgan fingerprint density at radius 2 is 0.538 bits per heavy atom. The average molecular weight is 807 g/mol. The molecule has 0 unspecified atom stereocenters. The van der Waals surface area contributed by atoms with E-state index < -0.39 is 45.6 Å². The molecule has 0 saturated carbocycles. The van der Waals surface area contributed by atoms with Gasteiger partial charge >= 0.3 is 79.9 Å². The first-order valence-electron chi connectivity index (χ1n) is 19.3. The van der Waals surface area contributed by atoms with Gasteiger partial charge in [-0.2, -0.15) is 16.8 Å². The molecule has 0 aromatic heterocycles. The van der Waals surface area contributed by atoms with Crippen molar-refractivity contribution < 1.29 is 112 Å². The third-order valence-electron chi connectivity index (χ3n) is 7.44. The van der Waals surface area contributed by atoms with Gasteiger partial charge in [0.1, 0.15) is 0 Å². The van der Waals surface area contributed by atoms with E-state index in [1.807, 2.05) is 0 Å². The fourth-order valence-corrected chi connectivity index (χ4v) is 5.87. The molecule has 0 aromatic carbocycles. The normalized spacial score (nSPS) is 10.9. The monoisotopic (exact) mass is 806 g/mol. The molecule has 16 heteroatoms. The van der Waals surface area contributed by atoms with Gasteiger partial charge in [-0.25, -0.2) is 16.7 Å². The van der Waals surface area contributed by atoms with E-state index in [4.69, 9.17) is 16.7 Å². The number of rotatable bonds is 35. The van der Waals surface area contributed by atoms with E-state index in [1.54, 1.807) is 0 Å². The summed E-state index contributed by atoms with van der Waals surface area (Å²) < 4.78 is 65.2. The molecule has 0 amide bonds. The van der Waals surface area contributed by atoms with Crippen LogP contribution in [-0.4, -0.2) is 55.2 Å². The van der Waals surface area contributed by atoms with Gasteiger partial charge in [0.15, 0.2) is 0 Å². The van der Waals surface area contributed by atoms with E-state index >= 15 is 0 Å². The third-order valence-corrected chi connectivity index (χ3v) is 9.26. The molecule has 0 aliphatic carbocycles. The molecule has 52 heavy (non-hydrogen) atoms. The molecule has 0 spiro atoms. The van der Waals surface area contributed by atoms with Crippen LogP contribution in [-0.2, 0) is 47.1 Å². The zero-order valence-electron chi connectivity index (χ0n) is 33.9. The van der Waals surface area contributed by atoms with Crippen LogP contribution in [0.3, 0.4) is 0 Å². The van der Waals surface area contributed by atoms with E-state index in [0.717, 1.165) is 77.0 Å². The van der Waals surface area contributed by atoms with E-state index in [-0.39, 0.29) is 85.5 Å². The minimum atomic E-state index is -3.78. The molecule has 0 bridgehead atoms. The van der Waals surface area contributed by atoms with Crippen LogP contribution in [0, 0.1) is 0 Å². The second-order valence-electron chi connectivity index (χ2n) is 12.4. The summed E-state index contributed by atoms with van der Waals surface area (Å²) in [5, 5.41) is 19.0. The predicted molar refractivity (Wildman–Crippen MR) is 194 cm³/mol. The minimum Gasteiger partial charge on any atom is -0.550 e. The molecule has 0 aliphatic heterocycles. The molecule has 0 radical (unpaired) electrons. The van der Waals surface area contributed by atoms with Crippen molar-refractivity contribution in [3.05, 3.63) is 0 Å². The molecule has 0 heterocycles. The number of aliphatic carboxylic acids is 2. The molecular formula is C36H72Na2O12S2. The van der Waals surface area contributed by atoms with Crippen LogP contribution < -0.4 is 69.3 Å². The number of carboxylic acid groups (broad SMARTS) is 2. The predicted octanol–water partition coefficient (Wildman–Crippen LogP) is 1.25. The van der Waals surface area contributed by atoms with Crippen LogP contribution in [0.4, 0.5) is 0 Å². The van der Waals surface area contributed by atoms with Crippen molar-refractivity contribution in [3.8, 4) is 0 Å². The SMILES string of the molecule is CCCCCCCCOS(=O)(=O)OCCCCCCCC.CCCCCCCCOS(=O)(=O)OCCCCCCCC.O=C([O-])CCC(=O)[O-].[Na+].[Na+]. The number of carboxylic acids is 2. The van der Waals surface area contributed by atoms with Crippen LogP contribution >= 0.6 is 0 Å². The summed E-state index contributed by atoms with van der Waals surface area (Å²) in [5.74, 6) is -2.73. The van der Waals surface area contributed by atoms with Crippen LogP contribution in [0.1, 0.15) is 195 Å². The van der Waals surface area contributed by atoms with Gasteiger partial charge in [-0.3, -0.25) is 0 Å². The molecule has 0 N–H and O–H groups in total. The van der Waals surface area contributed by atoms with E-state index in [1.165, 1.54) is 77.0 Å². The summed E-state index contributed by atoms with van der Waals surface area (Å²) in [6, 6.07) is 0. The Balaban J connectivity index is -0.000000227. The van der Waals surface area contributed by atoms with Gasteiger partial charge in [-0.05, 0) is 38.5 Å². The summed E-state index contributed by atoms with van der Waals surface area (Å²) in [4.78, 5) is 19.0. The van der Waals surface area contributed by atoms with Crippen molar-refractivity contribution in [1.29, 1.82) is 0 Å². The number of carbonyl (C=O) groups is 2. The number of carbonyl (C=O) groups excluding carboxylic acids is 2. The Kier molecular flexibility index (Phi) is 56.9. The van der Waals surface area contributed by atoms with Crippen molar-refractivity contribution in [2.75, 3.05) is 26.4 Å². The minimum absolute atomic E-state index is 0. The maximum Gasteiger partial charge on any atom is 1.00 e. The topological polar surface area (TPSA) is 185 Å². The van der Waals surface area contributed by atoms with E-state index in [0.29, 0.717) is 0 Å². The Bertz CT molecular complexity index is 829. The largest absolute Gasteiger partial charge is 1.00 e. The maximum absolute atomic E-state index is 11.5. The first-order chi connectivity index (χ1) is 23.9. The molecule has 0 aliphatic rings. The standard InChI is InChI=1S/2C16H34O4S.C4H6O4.2Na/c2*1-3-5-7-9-11-13-15-19-21(17,18)20-16-14-12-10-8-6-4-2;5-3(6)1-2-4(7)8;;/h2*3-16H2,1-2H3;1-2H2,(H,5,6)(H,7,8);;/q;;;2*+1/p-2. The molecule has 0 rings (SSSR count). The van der Waals surface area contributed by atoms with Gasteiger partial charge in [0, 0.05) is 11.9 Å². The Morgan fingerprint density at radius 1 is 0.365 bits per heavy atom. The second kappa shape index (κ2) is 47.8. The van der Waals surface area contributed by atoms with Crippen LogP contribution in [0.5, 0.6) is 0 Å². The van der Waals surface area contributed by atoms with Crippen LogP contribution in [0.2, 0.25) is 0 Å². The van der Waals surface area contributed by atoms with Gasteiger partial charge in [0.2, 0.25) is 0 Å². The van der Waals surface area contributed by atoms with E-state index in [9.17, 15) is 36.6 Å². The smallest absolute Gasteiger partial charge is 0.550 e. The zero-order chi connectivity index (χ0) is 38.2. The molecule has 302 valence electrons. The van der Waals surface area contributed by atoms with Crippen LogP contribution in [0.25, 0.3) is 0 Å². The summed E-state index contributed by atoms with van der Waals surface area (Å²) >= 11 is 0. The average Bonchev–Trinajstić information content (AvgIpc) is 3.06. The van der Waals surface area contributed by atoms with Gasteiger partial charge in [-0.1, -0.05) is 156 Å². The Morgan fingerprint density at radius 3 is 0.712 bits per heavy atom. The zero-order valence-corrected chi connectivity index (χ0v) is 39.6. The maximum atomic E-state index is 11.5. The van der Waals surface area contributed by atoms with Crippen molar-refractivity contribution >= 4 is 32.7 Å².